The minimum Gasteiger partial charge on any atom is -0.354 e. The molecular weight excluding hydrogens is 196 g/mol. The molecule has 0 bridgehead atoms. The molecule has 0 saturated heterocycles. The molecule has 0 saturated carbocycles. The summed E-state index contributed by atoms with van der Waals surface area (Å²) in [5, 5.41) is 2.87. The minimum atomic E-state index is -0.700. The van der Waals surface area contributed by atoms with E-state index in [1.165, 1.54) is 0 Å². The molecular formula is C10H22N2OS. The summed E-state index contributed by atoms with van der Waals surface area (Å²) in [7, 11) is 0. The highest BCUT2D eigenvalue weighted by molar-refractivity contribution is 7.98. The molecule has 0 aromatic heterocycles. The molecule has 1 amide bonds. The van der Waals surface area contributed by atoms with Crippen molar-refractivity contribution in [1.82, 2.24) is 5.32 Å². The van der Waals surface area contributed by atoms with Crippen LogP contribution in [-0.4, -0.2) is 30.0 Å². The average Bonchev–Trinajstić information content (AvgIpc) is 2.12. The number of amides is 1. The SMILES string of the molecule is CCCC(C)(N)C(=O)NCCCSC. The van der Waals surface area contributed by atoms with Crippen LogP contribution in [-0.2, 0) is 4.79 Å². The molecule has 0 aliphatic rings. The molecule has 0 rings (SSSR count). The minimum absolute atomic E-state index is 0.0274. The van der Waals surface area contributed by atoms with E-state index < -0.39 is 5.54 Å². The number of nitrogens with two attached hydrogens (primary N) is 1. The van der Waals surface area contributed by atoms with Crippen molar-refractivity contribution in [2.45, 2.75) is 38.6 Å². The van der Waals surface area contributed by atoms with Crippen molar-refractivity contribution in [2.75, 3.05) is 18.6 Å². The van der Waals surface area contributed by atoms with Crippen LogP contribution in [0.1, 0.15) is 33.1 Å². The van der Waals surface area contributed by atoms with Crippen LogP contribution in [0.25, 0.3) is 0 Å². The Balaban J connectivity index is 3.71. The van der Waals surface area contributed by atoms with Crippen molar-refractivity contribution in [1.29, 1.82) is 0 Å². The number of hydrogen-bond donors (Lipinski definition) is 2. The Morgan fingerprint density at radius 3 is 2.71 bits per heavy atom. The Labute approximate surface area is 91.2 Å². The van der Waals surface area contributed by atoms with Crippen LogP contribution >= 0.6 is 11.8 Å². The number of carbonyl (C=O) groups is 1. The summed E-state index contributed by atoms with van der Waals surface area (Å²) in [5.74, 6) is 1.05. The highest BCUT2D eigenvalue weighted by Crippen LogP contribution is 2.08. The summed E-state index contributed by atoms with van der Waals surface area (Å²) in [4.78, 5) is 11.6. The zero-order valence-corrected chi connectivity index (χ0v) is 10.2. The number of nitrogens with one attached hydrogen (secondary N) is 1. The fraction of sp³-hybridized carbons (Fsp3) is 0.900. The van der Waals surface area contributed by atoms with E-state index >= 15 is 0 Å². The summed E-state index contributed by atoms with van der Waals surface area (Å²) in [5.41, 5.74) is 5.17. The van der Waals surface area contributed by atoms with Gasteiger partial charge in [0.25, 0.3) is 0 Å². The summed E-state index contributed by atoms with van der Waals surface area (Å²) in [6.45, 7) is 4.56. The van der Waals surface area contributed by atoms with E-state index in [2.05, 4.69) is 11.6 Å². The molecule has 0 aliphatic carbocycles. The van der Waals surface area contributed by atoms with Gasteiger partial charge in [-0.25, -0.2) is 0 Å². The predicted molar refractivity (Wildman–Crippen MR) is 63.5 cm³/mol. The predicted octanol–water partition coefficient (Wildman–Crippen LogP) is 1.37. The molecule has 84 valence electrons. The van der Waals surface area contributed by atoms with E-state index in [0.29, 0.717) is 0 Å². The second-order valence-corrected chi connectivity index (χ2v) is 4.76. The van der Waals surface area contributed by atoms with Gasteiger partial charge >= 0.3 is 0 Å². The van der Waals surface area contributed by atoms with Gasteiger partial charge in [0.15, 0.2) is 0 Å². The topological polar surface area (TPSA) is 55.1 Å². The summed E-state index contributed by atoms with van der Waals surface area (Å²) in [6, 6.07) is 0. The van der Waals surface area contributed by atoms with Crippen LogP contribution in [0.2, 0.25) is 0 Å². The molecule has 0 aliphatic heterocycles. The molecule has 0 aromatic carbocycles. The lowest BCUT2D eigenvalue weighted by Gasteiger charge is -2.22. The highest BCUT2D eigenvalue weighted by atomic mass is 32.2. The fourth-order valence-electron chi connectivity index (χ4n) is 1.25. The van der Waals surface area contributed by atoms with Gasteiger partial charge < -0.3 is 11.1 Å². The van der Waals surface area contributed by atoms with Crippen molar-refractivity contribution in [2.24, 2.45) is 5.73 Å². The van der Waals surface area contributed by atoms with E-state index in [-0.39, 0.29) is 5.91 Å². The van der Waals surface area contributed by atoms with Crippen LogP contribution in [0.4, 0.5) is 0 Å². The third-order valence-electron chi connectivity index (χ3n) is 2.10. The van der Waals surface area contributed by atoms with E-state index in [1.807, 2.05) is 6.92 Å². The van der Waals surface area contributed by atoms with Crippen molar-refractivity contribution in [3.05, 3.63) is 0 Å². The zero-order valence-electron chi connectivity index (χ0n) is 9.43. The second kappa shape index (κ2) is 7.12. The maximum Gasteiger partial charge on any atom is 0.239 e. The zero-order chi connectivity index (χ0) is 11.0. The standard InChI is InChI=1S/C10H22N2OS/c1-4-6-10(2,11)9(13)12-7-5-8-14-3/h4-8,11H2,1-3H3,(H,12,13). The first-order valence-corrected chi connectivity index (χ1v) is 6.50. The molecule has 1 atom stereocenters. The highest BCUT2D eigenvalue weighted by Gasteiger charge is 2.26. The molecule has 0 radical (unpaired) electrons. The molecule has 0 aromatic rings. The van der Waals surface area contributed by atoms with Gasteiger partial charge in [-0.1, -0.05) is 13.3 Å². The Kier molecular flexibility index (Phi) is 7.01. The van der Waals surface area contributed by atoms with E-state index in [0.717, 1.165) is 31.6 Å². The lowest BCUT2D eigenvalue weighted by atomic mass is 9.96. The summed E-state index contributed by atoms with van der Waals surface area (Å²) < 4.78 is 0. The van der Waals surface area contributed by atoms with E-state index in [1.54, 1.807) is 18.7 Å². The maximum atomic E-state index is 11.6. The average molecular weight is 218 g/mol. The van der Waals surface area contributed by atoms with Crippen LogP contribution in [0.5, 0.6) is 0 Å². The van der Waals surface area contributed by atoms with E-state index in [9.17, 15) is 4.79 Å². The van der Waals surface area contributed by atoms with Crippen molar-refractivity contribution < 1.29 is 4.79 Å². The quantitative estimate of drug-likeness (QED) is 0.635. The molecule has 0 heterocycles. The van der Waals surface area contributed by atoms with Crippen LogP contribution < -0.4 is 11.1 Å². The largest absolute Gasteiger partial charge is 0.354 e. The molecule has 3 nitrogen and oxygen atoms in total. The van der Waals surface area contributed by atoms with Crippen LogP contribution in [0.3, 0.4) is 0 Å². The van der Waals surface area contributed by atoms with Gasteiger partial charge in [-0.15, -0.1) is 0 Å². The normalized spacial score (nSPS) is 14.9. The molecule has 0 fully saturated rings. The van der Waals surface area contributed by atoms with Gasteiger partial charge in [0.1, 0.15) is 0 Å². The van der Waals surface area contributed by atoms with E-state index in [4.69, 9.17) is 5.73 Å². The Hall–Kier alpha value is -0.220. The van der Waals surface area contributed by atoms with Crippen molar-refractivity contribution >= 4 is 17.7 Å². The second-order valence-electron chi connectivity index (χ2n) is 3.77. The number of thioether (sulfide) groups is 1. The first-order valence-electron chi connectivity index (χ1n) is 5.10. The number of hydrogen-bond acceptors (Lipinski definition) is 3. The molecule has 0 spiro atoms. The fourth-order valence-corrected chi connectivity index (χ4v) is 1.69. The van der Waals surface area contributed by atoms with Gasteiger partial charge in [0, 0.05) is 6.54 Å². The van der Waals surface area contributed by atoms with Gasteiger partial charge in [-0.05, 0) is 31.8 Å². The van der Waals surface area contributed by atoms with Gasteiger partial charge in [-0.3, -0.25) is 4.79 Å². The number of rotatable bonds is 7. The van der Waals surface area contributed by atoms with Crippen LogP contribution in [0.15, 0.2) is 0 Å². The van der Waals surface area contributed by atoms with Crippen molar-refractivity contribution in [3.63, 3.8) is 0 Å². The first kappa shape index (κ1) is 13.8. The van der Waals surface area contributed by atoms with Gasteiger partial charge in [0.2, 0.25) is 5.91 Å². The van der Waals surface area contributed by atoms with Crippen LogP contribution in [0, 0.1) is 0 Å². The summed E-state index contributed by atoms with van der Waals surface area (Å²) in [6.07, 6.45) is 4.74. The Morgan fingerprint density at radius 2 is 2.21 bits per heavy atom. The Bertz CT molecular complexity index is 172. The first-order chi connectivity index (χ1) is 6.54. The molecule has 3 N–H and O–H groups in total. The Morgan fingerprint density at radius 1 is 1.57 bits per heavy atom. The van der Waals surface area contributed by atoms with Crippen molar-refractivity contribution in [3.8, 4) is 0 Å². The molecule has 1 unspecified atom stereocenters. The number of carbonyl (C=O) groups excluding carboxylic acids is 1. The van der Waals surface area contributed by atoms with Gasteiger partial charge in [0.05, 0.1) is 5.54 Å². The lowest BCUT2D eigenvalue weighted by molar-refractivity contribution is -0.126. The molecule has 4 heteroatoms. The monoisotopic (exact) mass is 218 g/mol. The third-order valence-corrected chi connectivity index (χ3v) is 2.80. The molecule has 14 heavy (non-hydrogen) atoms. The summed E-state index contributed by atoms with van der Waals surface area (Å²) >= 11 is 1.79. The third kappa shape index (κ3) is 5.50. The lowest BCUT2D eigenvalue weighted by Crippen LogP contribution is -2.51. The van der Waals surface area contributed by atoms with Gasteiger partial charge in [-0.2, -0.15) is 11.8 Å². The smallest absolute Gasteiger partial charge is 0.239 e. The maximum absolute atomic E-state index is 11.6.